The molecule has 0 aliphatic carbocycles. The molecular weight excluding hydrogens is 268 g/mol. The fourth-order valence-corrected chi connectivity index (χ4v) is 3.43. The van der Waals surface area contributed by atoms with Crippen molar-refractivity contribution in [3.63, 3.8) is 0 Å². The van der Waals surface area contributed by atoms with Crippen LogP contribution in [0.5, 0.6) is 5.75 Å². The fraction of sp³-hybridized carbons (Fsp3) is 0.0625. The first-order chi connectivity index (χ1) is 9.88. The number of anilines is 1. The van der Waals surface area contributed by atoms with Gasteiger partial charge in [-0.2, -0.15) is 0 Å². The lowest BCUT2D eigenvalue weighted by molar-refractivity contribution is 0.417. The van der Waals surface area contributed by atoms with Crippen LogP contribution in [-0.2, 0) is 0 Å². The second-order valence-corrected chi connectivity index (χ2v) is 5.45. The zero-order valence-electron chi connectivity index (χ0n) is 10.9. The number of aromatic nitrogens is 1. The van der Waals surface area contributed by atoms with E-state index in [-0.39, 0.29) is 0 Å². The predicted octanol–water partition coefficient (Wildman–Crippen LogP) is 4.34. The summed E-state index contributed by atoms with van der Waals surface area (Å²) in [7, 11) is 1.71. The van der Waals surface area contributed by atoms with Gasteiger partial charge in [-0.3, -0.25) is 4.98 Å². The van der Waals surface area contributed by atoms with Crippen molar-refractivity contribution in [1.82, 2.24) is 4.98 Å². The van der Waals surface area contributed by atoms with E-state index < -0.39 is 0 Å². The number of nitrogens with zero attached hydrogens (tertiary/aromatic N) is 1. The molecule has 3 nitrogen and oxygen atoms in total. The first-order valence-electron chi connectivity index (χ1n) is 6.36. The number of hydrogen-bond donors (Lipinski definition) is 1. The quantitative estimate of drug-likeness (QED) is 0.672. The summed E-state index contributed by atoms with van der Waals surface area (Å²) in [6, 6.07) is 14.4. The maximum Gasteiger partial charge on any atom is 0.129 e. The molecule has 1 aliphatic rings. The minimum atomic E-state index is 0.876. The molecule has 0 bridgehead atoms. The Hall–Kier alpha value is -2.20. The van der Waals surface area contributed by atoms with Gasteiger partial charge < -0.3 is 9.46 Å². The van der Waals surface area contributed by atoms with E-state index in [0.29, 0.717) is 0 Å². The van der Waals surface area contributed by atoms with Gasteiger partial charge in [0, 0.05) is 22.0 Å². The SMILES string of the molecule is COc1cc2cccnc2c2c1-c1ccccc1SN2. The van der Waals surface area contributed by atoms with Crippen LogP contribution in [-0.4, -0.2) is 12.1 Å². The Bertz CT molecular complexity index is 817. The predicted molar refractivity (Wildman–Crippen MR) is 83.2 cm³/mol. The van der Waals surface area contributed by atoms with Gasteiger partial charge >= 0.3 is 0 Å². The van der Waals surface area contributed by atoms with Gasteiger partial charge in [-0.15, -0.1) is 0 Å². The lowest BCUT2D eigenvalue weighted by Crippen LogP contribution is -2.02. The van der Waals surface area contributed by atoms with Gasteiger partial charge in [-0.1, -0.05) is 24.3 Å². The summed E-state index contributed by atoms with van der Waals surface area (Å²) >= 11 is 1.62. The smallest absolute Gasteiger partial charge is 0.129 e. The Morgan fingerprint density at radius 1 is 1.15 bits per heavy atom. The Balaban J connectivity index is 2.14. The Morgan fingerprint density at radius 3 is 2.95 bits per heavy atom. The van der Waals surface area contributed by atoms with Crippen molar-refractivity contribution in [3.8, 4) is 16.9 Å². The lowest BCUT2D eigenvalue weighted by Gasteiger charge is -2.23. The molecule has 2 heterocycles. The molecule has 2 aromatic carbocycles. The van der Waals surface area contributed by atoms with Gasteiger partial charge in [0.05, 0.1) is 23.9 Å². The molecule has 0 saturated heterocycles. The zero-order chi connectivity index (χ0) is 13.5. The van der Waals surface area contributed by atoms with Gasteiger partial charge in [0.25, 0.3) is 0 Å². The van der Waals surface area contributed by atoms with E-state index in [1.165, 1.54) is 10.5 Å². The third-order valence-electron chi connectivity index (χ3n) is 3.50. The van der Waals surface area contributed by atoms with Crippen LogP contribution in [0.2, 0.25) is 0 Å². The van der Waals surface area contributed by atoms with E-state index in [2.05, 4.69) is 40.0 Å². The van der Waals surface area contributed by atoms with E-state index in [1.807, 2.05) is 18.3 Å². The van der Waals surface area contributed by atoms with Crippen molar-refractivity contribution in [2.75, 3.05) is 11.8 Å². The van der Waals surface area contributed by atoms with Crippen LogP contribution in [0.1, 0.15) is 0 Å². The average Bonchev–Trinajstić information content (AvgIpc) is 2.53. The standard InChI is InChI=1S/C16H12N2OS/c1-19-12-9-10-5-4-8-17-15(10)16-14(12)11-6-2-3-7-13(11)20-18-16/h2-9,18H,1H3. The number of fused-ring (bicyclic) bond motifs is 5. The monoisotopic (exact) mass is 280 g/mol. The van der Waals surface area contributed by atoms with Crippen molar-refractivity contribution < 1.29 is 4.74 Å². The highest BCUT2D eigenvalue weighted by Gasteiger charge is 2.23. The van der Waals surface area contributed by atoms with Crippen LogP contribution in [0.25, 0.3) is 22.0 Å². The van der Waals surface area contributed by atoms with Crippen molar-refractivity contribution >= 4 is 28.5 Å². The summed E-state index contributed by atoms with van der Waals surface area (Å²) in [5.74, 6) is 0.876. The zero-order valence-corrected chi connectivity index (χ0v) is 11.7. The third kappa shape index (κ3) is 1.58. The number of nitrogens with one attached hydrogen (secondary N) is 1. The second kappa shape index (κ2) is 4.42. The number of methoxy groups -OCH3 is 1. The Morgan fingerprint density at radius 2 is 2.05 bits per heavy atom. The molecule has 0 unspecified atom stereocenters. The highest BCUT2D eigenvalue weighted by atomic mass is 32.2. The van der Waals surface area contributed by atoms with Crippen LogP contribution in [0.3, 0.4) is 0 Å². The molecule has 0 saturated carbocycles. The largest absolute Gasteiger partial charge is 0.496 e. The Labute approximate surface area is 121 Å². The van der Waals surface area contributed by atoms with Crippen molar-refractivity contribution in [3.05, 3.63) is 48.7 Å². The molecule has 0 radical (unpaired) electrons. The molecular formula is C16H12N2OS. The van der Waals surface area contributed by atoms with Crippen molar-refractivity contribution in [2.24, 2.45) is 0 Å². The van der Waals surface area contributed by atoms with Gasteiger partial charge in [-0.25, -0.2) is 0 Å². The maximum atomic E-state index is 5.60. The number of rotatable bonds is 1. The molecule has 1 N–H and O–H groups in total. The lowest BCUT2D eigenvalue weighted by atomic mass is 9.99. The summed E-state index contributed by atoms with van der Waals surface area (Å²) in [6.45, 7) is 0. The third-order valence-corrected chi connectivity index (χ3v) is 4.38. The second-order valence-electron chi connectivity index (χ2n) is 4.60. The van der Waals surface area contributed by atoms with Crippen molar-refractivity contribution in [2.45, 2.75) is 4.90 Å². The Kier molecular flexibility index (Phi) is 2.57. The molecule has 4 rings (SSSR count). The van der Waals surface area contributed by atoms with Crippen LogP contribution >= 0.6 is 11.9 Å². The minimum Gasteiger partial charge on any atom is -0.496 e. The molecule has 0 fully saturated rings. The molecule has 3 aromatic rings. The van der Waals surface area contributed by atoms with Gasteiger partial charge in [0.1, 0.15) is 5.75 Å². The molecule has 1 aliphatic heterocycles. The minimum absolute atomic E-state index is 0.876. The molecule has 20 heavy (non-hydrogen) atoms. The number of hydrogen-bond acceptors (Lipinski definition) is 4. The first kappa shape index (κ1) is 11.6. The van der Waals surface area contributed by atoms with E-state index in [0.717, 1.165) is 27.9 Å². The highest BCUT2D eigenvalue weighted by molar-refractivity contribution is 8.00. The first-order valence-corrected chi connectivity index (χ1v) is 7.18. The van der Waals surface area contributed by atoms with E-state index >= 15 is 0 Å². The summed E-state index contributed by atoms with van der Waals surface area (Å²) in [5.41, 5.74) is 4.29. The van der Waals surface area contributed by atoms with Crippen molar-refractivity contribution in [1.29, 1.82) is 0 Å². The van der Waals surface area contributed by atoms with E-state index in [1.54, 1.807) is 19.1 Å². The molecule has 4 heteroatoms. The van der Waals surface area contributed by atoms with E-state index in [4.69, 9.17) is 4.74 Å². The average molecular weight is 280 g/mol. The molecule has 98 valence electrons. The fourth-order valence-electron chi connectivity index (χ4n) is 2.59. The summed E-state index contributed by atoms with van der Waals surface area (Å²) in [6.07, 6.45) is 1.82. The number of pyridine rings is 1. The maximum absolute atomic E-state index is 5.60. The molecule has 0 spiro atoms. The number of benzene rings is 2. The molecule has 1 aromatic heterocycles. The molecule has 0 atom stereocenters. The highest BCUT2D eigenvalue weighted by Crippen LogP contribution is 2.49. The van der Waals surface area contributed by atoms with Crippen LogP contribution in [0.4, 0.5) is 5.69 Å². The van der Waals surface area contributed by atoms with Crippen LogP contribution in [0.15, 0.2) is 53.6 Å². The van der Waals surface area contributed by atoms with Crippen LogP contribution < -0.4 is 9.46 Å². The van der Waals surface area contributed by atoms with E-state index in [9.17, 15) is 0 Å². The van der Waals surface area contributed by atoms with Gasteiger partial charge in [0.2, 0.25) is 0 Å². The summed E-state index contributed by atoms with van der Waals surface area (Å²) in [4.78, 5) is 5.71. The van der Waals surface area contributed by atoms with Gasteiger partial charge in [-0.05, 0) is 30.1 Å². The normalized spacial score (nSPS) is 12.4. The number of ether oxygens (including phenoxy) is 1. The summed E-state index contributed by atoms with van der Waals surface area (Å²) < 4.78 is 9.01. The molecule has 0 amide bonds. The van der Waals surface area contributed by atoms with Gasteiger partial charge in [0.15, 0.2) is 0 Å². The topological polar surface area (TPSA) is 34.1 Å². The van der Waals surface area contributed by atoms with Crippen LogP contribution in [0, 0.1) is 0 Å². The summed E-state index contributed by atoms with van der Waals surface area (Å²) in [5, 5.41) is 1.08.